The fraction of sp³-hybridized carbons (Fsp3) is 0.417. The van der Waals surface area contributed by atoms with Gasteiger partial charge in [0.05, 0.1) is 13.2 Å². The monoisotopic (exact) mass is 427 g/mol. The number of rotatable bonds is 9. The van der Waals surface area contributed by atoms with E-state index in [1.165, 1.54) is 19.1 Å². The highest BCUT2D eigenvalue weighted by Crippen LogP contribution is 2.15. The number of benzene rings is 2. The van der Waals surface area contributed by atoms with Gasteiger partial charge < -0.3 is 15.0 Å². The van der Waals surface area contributed by atoms with Crippen LogP contribution in [0.25, 0.3) is 0 Å². The van der Waals surface area contributed by atoms with Crippen LogP contribution in [0.4, 0.5) is 4.39 Å². The summed E-state index contributed by atoms with van der Waals surface area (Å²) in [5, 5.41) is 3.01. The summed E-state index contributed by atoms with van der Waals surface area (Å²) in [5.74, 6) is -0.720. The molecule has 3 rings (SSSR count). The summed E-state index contributed by atoms with van der Waals surface area (Å²) >= 11 is 0. The molecule has 2 aromatic carbocycles. The van der Waals surface area contributed by atoms with Crippen molar-refractivity contribution >= 4 is 11.8 Å². The average Bonchev–Trinajstić information content (AvgIpc) is 2.78. The Balaban J connectivity index is 1.71. The van der Waals surface area contributed by atoms with Crippen molar-refractivity contribution in [2.45, 2.75) is 25.9 Å². The molecule has 6 nitrogen and oxygen atoms in total. The van der Waals surface area contributed by atoms with Gasteiger partial charge in [0.25, 0.3) is 0 Å². The van der Waals surface area contributed by atoms with E-state index in [0.29, 0.717) is 26.2 Å². The van der Waals surface area contributed by atoms with E-state index in [2.05, 4.69) is 10.2 Å². The SMILES string of the molecule is CC(=O)N(Cc1ccc(F)cc1)C(Cc1ccccc1)C(=O)NCCN1CCOCC1. The number of hydrogen-bond donors (Lipinski definition) is 1. The number of amides is 2. The van der Waals surface area contributed by atoms with Crippen molar-refractivity contribution < 1.29 is 18.7 Å². The largest absolute Gasteiger partial charge is 0.379 e. The van der Waals surface area contributed by atoms with Gasteiger partial charge in [0.2, 0.25) is 11.8 Å². The third-order valence-corrected chi connectivity index (χ3v) is 5.45. The molecule has 2 amide bonds. The summed E-state index contributed by atoms with van der Waals surface area (Å²) in [5.41, 5.74) is 1.75. The van der Waals surface area contributed by atoms with E-state index >= 15 is 0 Å². The van der Waals surface area contributed by atoms with Gasteiger partial charge in [-0.3, -0.25) is 14.5 Å². The van der Waals surface area contributed by atoms with Crippen molar-refractivity contribution in [1.82, 2.24) is 15.1 Å². The van der Waals surface area contributed by atoms with Crippen molar-refractivity contribution in [2.75, 3.05) is 39.4 Å². The van der Waals surface area contributed by atoms with Crippen LogP contribution in [-0.4, -0.2) is 67.0 Å². The summed E-state index contributed by atoms with van der Waals surface area (Å²) in [7, 11) is 0. The number of carbonyl (C=O) groups excluding carboxylic acids is 2. The summed E-state index contributed by atoms with van der Waals surface area (Å²) in [4.78, 5) is 29.5. The summed E-state index contributed by atoms with van der Waals surface area (Å²) in [6.07, 6.45) is 0.408. The van der Waals surface area contributed by atoms with Gasteiger partial charge in [-0.15, -0.1) is 0 Å². The van der Waals surface area contributed by atoms with E-state index in [-0.39, 0.29) is 24.2 Å². The number of ether oxygens (including phenoxy) is 1. The highest BCUT2D eigenvalue weighted by atomic mass is 19.1. The van der Waals surface area contributed by atoms with Crippen LogP contribution in [-0.2, 0) is 27.3 Å². The van der Waals surface area contributed by atoms with Gasteiger partial charge in [-0.1, -0.05) is 42.5 Å². The number of carbonyl (C=O) groups is 2. The topological polar surface area (TPSA) is 61.9 Å². The van der Waals surface area contributed by atoms with Crippen molar-refractivity contribution in [1.29, 1.82) is 0 Å². The molecule has 31 heavy (non-hydrogen) atoms. The Morgan fingerprint density at radius 2 is 1.74 bits per heavy atom. The first-order valence-electron chi connectivity index (χ1n) is 10.7. The van der Waals surface area contributed by atoms with Gasteiger partial charge in [0, 0.05) is 46.1 Å². The van der Waals surface area contributed by atoms with Crippen LogP contribution >= 0.6 is 0 Å². The first kappa shape index (κ1) is 22.9. The quantitative estimate of drug-likeness (QED) is 0.667. The van der Waals surface area contributed by atoms with E-state index in [1.807, 2.05) is 30.3 Å². The van der Waals surface area contributed by atoms with Crippen LogP contribution in [0.3, 0.4) is 0 Å². The zero-order chi connectivity index (χ0) is 22.1. The van der Waals surface area contributed by atoms with Crippen LogP contribution in [0.5, 0.6) is 0 Å². The lowest BCUT2D eigenvalue weighted by molar-refractivity contribution is -0.139. The third kappa shape index (κ3) is 7.15. The van der Waals surface area contributed by atoms with Crippen LogP contribution < -0.4 is 5.32 Å². The predicted octanol–water partition coefficient (Wildman–Crippen LogP) is 2.23. The Kier molecular flexibility index (Phi) is 8.55. The molecule has 1 atom stereocenters. The maximum atomic E-state index is 13.3. The Morgan fingerprint density at radius 3 is 2.39 bits per heavy atom. The van der Waals surface area contributed by atoms with Gasteiger partial charge in [-0.05, 0) is 23.3 Å². The Bertz CT molecular complexity index is 839. The molecule has 1 aliphatic rings. The number of nitrogens with one attached hydrogen (secondary N) is 1. The molecule has 1 fully saturated rings. The zero-order valence-corrected chi connectivity index (χ0v) is 17.9. The van der Waals surface area contributed by atoms with E-state index in [1.54, 1.807) is 17.0 Å². The average molecular weight is 428 g/mol. The number of hydrogen-bond acceptors (Lipinski definition) is 4. The molecule has 1 aliphatic heterocycles. The van der Waals surface area contributed by atoms with Crippen LogP contribution in [0.15, 0.2) is 54.6 Å². The lowest BCUT2D eigenvalue weighted by Gasteiger charge is -2.31. The summed E-state index contributed by atoms with van der Waals surface area (Å²) < 4.78 is 18.7. The normalized spacial score (nSPS) is 15.3. The van der Waals surface area contributed by atoms with E-state index in [4.69, 9.17) is 4.74 Å². The summed E-state index contributed by atoms with van der Waals surface area (Å²) in [6, 6.07) is 15.0. The lowest BCUT2D eigenvalue weighted by Crippen LogP contribution is -2.51. The van der Waals surface area contributed by atoms with E-state index in [0.717, 1.165) is 30.8 Å². The van der Waals surface area contributed by atoms with Crippen molar-refractivity contribution in [3.63, 3.8) is 0 Å². The molecule has 0 spiro atoms. The molecule has 2 aromatic rings. The smallest absolute Gasteiger partial charge is 0.243 e. The fourth-order valence-corrected chi connectivity index (χ4v) is 3.69. The Morgan fingerprint density at radius 1 is 1.06 bits per heavy atom. The molecule has 1 heterocycles. The summed E-state index contributed by atoms with van der Waals surface area (Å²) in [6.45, 7) is 6.08. The second-order valence-electron chi connectivity index (χ2n) is 7.72. The zero-order valence-electron chi connectivity index (χ0n) is 17.9. The maximum Gasteiger partial charge on any atom is 0.243 e. The van der Waals surface area contributed by atoms with Crippen molar-refractivity contribution in [3.05, 3.63) is 71.5 Å². The molecule has 0 saturated carbocycles. The first-order chi connectivity index (χ1) is 15.0. The molecular formula is C24H30FN3O3. The highest BCUT2D eigenvalue weighted by molar-refractivity contribution is 5.87. The fourth-order valence-electron chi connectivity index (χ4n) is 3.69. The lowest BCUT2D eigenvalue weighted by atomic mass is 10.0. The number of nitrogens with zero attached hydrogens (tertiary/aromatic N) is 2. The molecule has 0 bridgehead atoms. The van der Waals surface area contributed by atoms with E-state index in [9.17, 15) is 14.0 Å². The third-order valence-electron chi connectivity index (χ3n) is 5.45. The van der Waals surface area contributed by atoms with Crippen molar-refractivity contribution in [3.8, 4) is 0 Å². The number of morpholine rings is 1. The van der Waals surface area contributed by atoms with Gasteiger partial charge in [0.1, 0.15) is 11.9 Å². The first-order valence-corrected chi connectivity index (χ1v) is 10.7. The standard InChI is InChI=1S/C24H30FN3O3/c1-19(29)28(18-21-7-9-22(25)10-8-21)23(17-20-5-3-2-4-6-20)24(30)26-11-12-27-13-15-31-16-14-27/h2-10,23H,11-18H2,1H3,(H,26,30). The molecule has 1 N–H and O–H groups in total. The van der Waals surface area contributed by atoms with E-state index < -0.39 is 6.04 Å². The minimum Gasteiger partial charge on any atom is -0.379 e. The predicted molar refractivity (Wildman–Crippen MR) is 117 cm³/mol. The maximum absolute atomic E-state index is 13.3. The minimum atomic E-state index is -0.658. The number of halogens is 1. The Hall–Kier alpha value is -2.77. The van der Waals surface area contributed by atoms with Gasteiger partial charge >= 0.3 is 0 Å². The molecule has 0 aromatic heterocycles. The Labute approximate surface area is 183 Å². The molecule has 1 unspecified atom stereocenters. The minimum absolute atomic E-state index is 0.186. The second kappa shape index (κ2) is 11.6. The molecular weight excluding hydrogens is 397 g/mol. The van der Waals surface area contributed by atoms with Gasteiger partial charge in [-0.2, -0.15) is 0 Å². The molecule has 7 heteroatoms. The molecule has 0 radical (unpaired) electrons. The second-order valence-corrected chi connectivity index (χ2v) is 7.72. The highest BCUT2D eigenvalue weighted by Gasteiger charge is 2.28. The van der Waals surface area contributed by atoms with Gasteiger partial charge in [0.15, 0.2) is 0 Å². The molecule has 166 valence electrons. The molecule has 1 saturated heterocycles. The van der Waals surface area contributed by atoms with Crippen molar-refractivity contribution in [2.24, 2.45) is 0 Å². The van der Waals surface area contributed by atoms with Gasteiger partial charge in [-0.25, -0.2) is 4.39 Å². The van der Waals surface area contributed by atoms with Crippen LogP contribution in [0.1, 0.15) is 18.1 Å². The molecule has 0 aliphatic carbocycles. The van der Waals surface area contributed by atoms with Crippen LogP contribution in [0, 0.1) is 5.82 Å². The van der Waals surface area contributed by atoms with Crippen LogP contribution in [0.2, 0.25) is 0 Å².